The average Bonchev–Trinajstić information content (AvgIpc) is 3.18. The normalized spacial score (nSPS) is 18.9. The summed E-state index contributed by atoms with van der Waals surface area (Å²) < 4.78 is 18.5. The third-order valence-corrected chi connectivity index (χ3v) is 3.99. The highest BCUT2D eigenvalue weighted by atomic mass is 19.1. The smallest absolute Gasteiger partial charge is 0.123 e. The molecule has 0 saturated heterocycles. The lowest BCUT2D eigenvalue weighted by molar-refractivity contribution is 0.134. The van der Waals surface area contributed by atoms with Gasteiger partial charge in [0.1, 0.15) is 5.82 Å². The van der Waals surface area contributed by atoms with E-state index in [9.17, 15) is 4.39 Å². The minimum absolute atomic E-state index is 0.0682. The van der Waals surface area contributed by atoms with E-state index in [0.29, 0.717) is 6.04 Å². The van der Waals surface area contributed by atoms with Crippen LogP contribution in [0, 0.1) is 17.2 Å². The van der Waals surface area contributed by atoms with Crippen molar-refractivity contribution in [3.63, 3.8) is 0 Å². The number of hydrogen-bond acceptors (Lipinski definition) is 2. The van der Waals surface area contributed by atoms with Crippen molar-refractivity contribution in [3.05, 3.63) is 35.6 Å². The third kappa shape index (κ3) is 4.03. The number of benzene rings is 1. The molecule has 2 atom stereocenters. The van der Waals surface area contributed by atoms with Crippen LogP contribution < -0.4 is 5.32 Å². The van der Waals surface area contributed by atoms with Gasteiger partial charge >= 0.3 is 0 Å². The van der Waals surface area contributed by atoms with Gasteiger partial charge in [-0.1, -0.05) is 32.9 Å². The van der Waals surface area contributed by atoms with Crippen molar-refractivity contribution in [2.75, 3.05) is 13.7 Å². The Morgan fingerprint density at radius 3 is 2.30 bits per heavy atom. The zero-order valence-corrected chi connectivity index (χ0v) is 12.9. The van der Waals surface area contributed by atoms with Crippen LogP contribution in [0.5, 0.6) is 0 Å². The standard InChI is InChI=1S/C17H26FNO/c1-17(2,3)16(13-7-9-14(18)10-8-13)19-15(11-20-4)12-5-6-12/h7-10,12,15-16,19H,5-6,11H2,1-4H3. The van der Waals surface area contributed by atoms with Gasteiger partial charge < -0.3 is 10.1 Å². The van der Waals surface area contributed by atoms with Gasteiger partial charge in [0, 0.05) is 19.2 Å². The molecule has 0 aliphatic heterocycles. The first-order valence-electron chi connectivity index (χ1n) is 7.42. The van der Waals surface area contributed by atoms with Crippen LogP contribution >= 0.6 is 0 Å². The maximum atomic E-state index is 13.1. The average molecular weight is 279 g/mol. The Bertz CT molecular complexity index is 420. The van der Waals surface area contributed by atoms with Gasteiger partial charge in [-0.05, 0) is 41.9 Å². The lowest BCUT2D eigenvalue weighted by Crippen LogP contribution is -2.42. The summed E-state index contributed by atoms with van der Waals surface area (Å²) >= 11 is 0. The molecule has 0 amide bonds. The van der Waals surface area contributed by atoms with Crippen molar-refractivity contribution in [1.82, 2.24) is 5.32 Å². The topological polar surface area (TPSA) is 21.3 Å². The summed E-state index contributed by atoms with van der Waals surface area (Å²) in [6.45, 7) is 7.37. The summed E-state index contributed by atoms with van der Waals surface area (Å²) in [6, 6.07) is 7.43. The van der Waals surface area contributed by atoms with E-state index in [1.165, 1.54) is 25.0 Å². The molecule has 1 aromatic rings. The van der Waals surface area contributed by atoms with Gasteiger partial charge in [0.05, 0.1) is 6.61 Å². The second-order valence-electron chi connectivity index (χ2n) is 6.92. The van der Waals surface area contributed by atoms with Crippen molar-refractivity contribution in [2.45, 2.75) is 45.7 Å². The molecular weight excluding hydrogens is 253 g/mol. The Labute approximate surface area is 121 Å². The van der Waals surface area contributed by atoms with E-state index < -0.39 is 0 Å². The van der Waals surface area contributed by atoms with Gasteiger partial charge in [-0.2, -0.15) is 0 Å². The van der Waals surface area contributed by atoms with Gasteiger partial charge in [-0.15, -0.1) is 0 Å². The van der Waals surface area contributed by atoms with Crippen LogP contribution in [0.4, 0.5) is 4.39 Å². The van der Waals surface area contributed by atoms with Gasteiger partial charge in [0.2, 0.25) is 0 Å². The van der Waals surface area contributed by atoms with Crippen LogP contribution in [-0.4, -0.2) is 19.8 Å². The fourth-order valence-electron chi connectivity index (χ4n) is 2.71. The highest BCUT2D eigenvalue weighted by molar-refractivity contribution is 5.22. The summed E-state index contributed by atoms with van der Waals surface area (Å²) in [4.78, 5) is 0. The lowest BCUT2D eigenvalue weighted by Gasteiger charge is -2.35. The SMILES string of the molecule is COCC(NC(c1ccc(F)cc1)C(C)(C)C)C1CC1. The maximum Gasteiger partial charge on any atom is 0.123 e. The summed E-state index contributed by atoms with van der Waals surface area (Å²) in [7, 11) is 1.75. The van der Waals surface area contributed by atoms with Crippen LogP contribution in [0.15, 0.2) is 24.3 Å². The highest BCUT2D eigenvalue weighted by Crippen LogP contribution is 2.38. The van der Waals surface area contributed by atoms with E-state index in [2.05, 4.69) is 26.1 Å². The number of rotatable bonds is 6. The molecule has 2 unspecified atom stereocenters. The number of halogens is 1. The number of methoxy groups -OCH3 is 1. The van der Waals surface area contributed by atoms with E-state index in [-0.39, 0.29) is 17.3 Å². The molecule has 0 aromatic heterocycles. The van der Waals surface area contributed by atoms with E-state index in [1.54, 1.807) is 7.11 Å². The molecular formula is C17H26FNO. The van der Waals surface area contributed by atoms with Gasteiger partial charge in [0.25, 0.3) is 0 Å². The molecule has 1 aliphatic carbocycles. The molecule has 1 saturated carbocycles. The Morgan fingerprint density at radius 2 is 1.85 bits per heavy atom. The van der Waals surface area contributed by atoms with E-state index >= 15 is 0 Å². The maximum absolute atomic E-state index is 13.1. The molecule has 1 fully saturated rings. The fourth-order valence-corrected chi connectivity index (χ4v) is 2.71. The Kier molecular flexibility index (Phi) is 4.82. The van der Waals surface area contributed by atoms with Crippen LogP contribution in [0.2, 0.25) is 0 Å². The highest BCUT2D eigenvalue weighted by Gasteiger charge is 2.35. The second kappa shape index (κ2) is 6.23. The minimum Gasteiger partial charge on any atom is -0.383 e. The molecule has 0 radical (unpaired) electrons. The van der Waals surface area contributed by atoms with Crippen molar-refractivity contribution in [3.8, 4) is 0 Å². The Morgan fingerprint density at radius 1 is 1.25 bits per heavy atom. The zero-order chi connectivity index (χ0) is 14.8. The van der Waals surface area contributed by atoms with E-state index in [0.717, 1.165) is 18.1 Å². The Hall–Kier alpha value is -0.930. The molecule has 1 aromatic carbocycles. The summed E-state index contributed by atoms with van der Waals surface area (Å²) in [5, 5.41) is 3.75. The number of ether oxygens (including phenoxy) is 1. The third-order valence-electron chi connectivity index (χ3n) is 3.99. The molecule has 20 heavy (non-hydrogen) atoms. The minimum atomic E-state index is -0.183. The second-order valence-corrected chi connectivity index (χ2v) is 6.92. The van der Waals surface area contributed by atoms with Gasteiger partial charge in [-0.3, -0.25) is 0 Å². The molecule has 2 rings (SSSR count). The summed E-state index contributed by atoms with van der Waals surface area (Å²) in [6.07, 6.45) is 2.56. The van der Waals surface area contributed by atoms with Crippen LogP contribution in [-0.2, 0) is 4.74 Å². The van der Waals surface area contributed by atoms with Crippen LogP contribution in [0.25, 0.3) is 0 Å². The summed E-state index contributed by atoms with van der Waals surface area (Å²) in [5.41, 5.74) is 1.21. The molecule has 2 nitrogen and oxygen atoms in total. The van der Waals surface area contributed by atoms with Gasteiger partial charge in [-0.25, -0.2) is 4.39 Å². The fraction of sp³-hybridized carbons (Fsp3) is 0.647. The molecule has 3 heteroatoms. The first kappa shape index (κ1) is 15.5. The van der Waals surface area contributed by atoms with Crippen molar-refractivity contribution >= 4 is 0 Å². The summed E-state index contributed by atoms with van der Waals surface area (Å²) in [5.74, 6) is 0.539. The van der Waals surface area contributed by atoms with Crippen molar-refractivity contribution in [2.24, 2.45) is 11.3 Å². The largest absolute Gasteiger partial charge is 0.383 e. The molecule has 0 bridgehead atoms. The van der Waals surface area contributed by atoms with Gasteiger partial charge in [0.15, 0.2) is 0 Å². The first-order valence-corrected chi connectivity index (χ1v) is 7.42. The van der Waals surface area contributed by atoms with Crippen LogP contribution in [0.3, 0.4) is 0 Å². The van der Waals surface area contributed by atoms with Crippen molar-refractivity contribution in [1.29, 1.82) is 0 Å². The molecule has 1 aliphatic rings. The lowest BCUT2D eigenvalue weighted by atomic mass is 9.81. The van der Waals surface area contributed by atoms with E-state index in [4.69, 9.17) is 4.74 Å². The monoisotopic (exact) mass is 279 g/mol. The molecule has 0 spiro atoms. The predicted octanol–water partition coefficient (Wildman–Crippen LogP) is 3.93. The molecule has 1 N–H and O–H groups in total. The van der Waals surface area contributed by atoms with E-state index in [1.807, 2.05) is 12.1 Å². The first-order chi connectivity index (χ1) is 9.41. The molecule has 112 valence electrons. The number of hydrogen-bond donors (Lipinski definition) is 1. The predicted molar refractivity (Wildman–Crippen MR) is 80.1 cm³/mol. The van der Waals surface area contributed by atoms with Crippen molar-refractivity contribution < 1.29 is 9.13 Å². The Balaban J connectivity index is 2.16. The van der Waals surface area contributed by atoms with Crippen LogP contribution in [0.1, 0.15) is 45.2 Å². The quantitative estimate of drug-likeness (QED) is 0.852. The zero-order valence-electron chi connectivity index (χ0n) is 12.9. The number of nitrogens with one attached hydrogen (secondary N) is 1. The molecule has 0 heterocycles.